The first-order chi connectivity index (χ1) is 8.27. The Bertz CT molecular complexity index is 135. The van der Waals surface area contributed by atoms with Crippen molar-refractivity contribution < 1.29 is 8.78 Å². The molecule has 0 amide bonds. The smallest absolute Gasteiger partial charge is 0.211 e. The molecule has 0 radical (unpaired) electrons. The lowest BCUT2D eigenvalue weighted by Crippen LogP contribution is -1.89. The highest BCUT2D eigenvalue weighted by Gasteiger charge is 2.00. The SMILES string of the molecule is CCCCCCCCCCCCCCC(F)F. The molecule has 2 heteroatoms. The van der Waals surface area contributed by atoms with Crippen molar-refractivity contribution in [3.63, 3.8) is 0 Å². The Morgan fingerprint density at radius 3 is 1.29 bits per heavy atom. The normalized spacial score (nSPS) is 11.3. The molecule has 0 rings (SSSR count). The maximum absolute atomic E-state index is 11.8. The third-order valence-electron chi connectivity index (χ3n) is 3.28. The van der Waals surface area contributed by atoms with Gasteiger partial charge >= 0.3 is 0 Å². The molecule has 0 N–H and O–H groups in total. The molecule has 0 aromatic carbocycles. The van der Waals surface area contributed by atoms with Crippen molar-refractivity contribution in [2.75, 3.05) is 0 Å². The van der Waals surface area contributed by atoms with Gasteiger partial charge in [-0.05, 0) is 6.42 Å². The Labute approximate surface area is 106 Å². The predicted molar refractivity (Wildman–Crippen MR) is 71.7 cm³/mol. The molecule has 0 aliphatic rings. The minimum absolute atomic E-state index is 0.0947. The number of rotatable bonds is 13. The summed E-state index contributed by atoms with van der Waals surface area (Å²) in [7, 11) is 0. The van der Waals surface area contributed by atoms with Crippen LogP contribution in [0.4, 0.5) is 8.78 Å². The second-order valence-corrected chi connectivity index (χ2v) is 5.07. The van der Waals surface area contributed by atoms with E-state index in [2.05, 4.69) is 6.92 Å². The van der Waals surface area contributed by atoms with E-state index >= 15 is 0 Å². The molecule has 0 aliphatic carbocycles. The summed E-state index contributed by atoms with van der Waals surface area (Å²) < 4.78 is 23.7. The van der Waals surface area contributed by atoms with E-state index in [1.807, 2.05) is 0 Å². The fourth-order valence-electron chi connectivity index (χ4n) is 2.14. The Hall–Kier alpha value is -0.140. The van der Waals surface area contributed by atoms with Crippen LogP contribution < -0.4 is 0 Å². The van der Waals surface area contributed by atoms with Crippen LogP contribution in [0.2, 0.25) is 0 Å². The average Bonchev–Trinajstić information content (AvgIpc) is 2.30. The molecule has 0 saturated carbocycles. The summed E-state index contributed by atoms with van der Waals surface area (Å²) in [4.78, 5) is 0. The molecule has 0 aliphatic heterocycles. The number of unbranched alkanes of at least 4 members (excludes halogenated alkanes) is 11. The first-order valence-electron chi connectivity index (χ1n) is 7.55. The lowest BCUT2D eigenvalue weighted by atomic mass is 10.0. The van der Waals surface area contributed by atoms with Gasteiger partial charge in [0.25, 0.3) is 0 Å². The van der Waals surface area contributed by atoms with Gasteiger partial charge in [-0.3, -0.25) is 0 Å². The van der Waals surface area contributed by atoms with Gasteiger partial charge in [0, 0.05) is 6.42 Å². The molecule has 0 aromatic rings. The molecule has 0 nitrogen and oxygen atoms in total. The Balaban J connectivity index is 2.89. The fraction of sp³-hybridized carbons (Fsp3) is 1.00. The minimum atomic E-state index is -2.10. The van der Waals surface area contributed by atoms with E-state index in [-0.39, 0.29) is 6.42 Å². The molecule has 0 bridgehead atoms. The minimum Gasteiger partial charge on any atom is -0.211 e. The van der Waals surface area contributed by atoms with E-state index in [0.29, 0.717) is 6.42 Å². The third-order valence-corrected chi connectivity index (χ3v) is 3.28. The average molecular weight is 248 g/mol. The molecule has 17 heavy (non-hydrogen) atoms. The molecule has 0 spiro atoms. The molecular formula is C15H30F2. The number of hydrogen-bond donors (Lipinski definition) is 0. The van der Waals surface area contributed by atoms with E-state index in [1.54, 1.807) is 0 Å². The fourth-order valence-corrected chi connectivity index (χ4v) is 2.14. The number of hydrogen-bond acceptors (Lipinski definition) is 0. The van der Waals surface area contributed by atoms with Crippen LogP contribution in [0.25, 0.3) is 0 Å². The quantitative estimate of drug-likeness (QED) is 0.333. The maximum atomic E-state index is 11.8. The highest BCUT2D eigenvalue weighted by Crippen LogP contribution is 2.13. The lowest BCUT2D eigenvalue weighted by molar-refractivity contribution is 0.133. The van der Waals surface area contributed by atoms with Crippen molar-refractivity contribution in [3.05, 3.63) is 0 Å². The van der Waals surface area contributed by atoms with Gasteiger partial charge in [0.1, 0.15) is 0 Å². The van der Waals surface area contributed by atoms with Gasteiger partial charge in [-0.2, -0.15) is 0 Å². The summed E-state index contributed by atoms with van der Waals surface area (Å²) in [5.74, 6) is 0. The summed E-state index contributed by atoms with van der Waals surface area (Å²) in [6.45, 7) is 2.24. The summed E-state index contributed by atoms with van der Waals surface area (Å²) >= 11 is 0. The van der Waals surface area contributed by atoms with Gasteiger partial charge in [-0.15, -0.1) is 0 Å². The van der Waals surface area contributed by atoms with Gasteiger partial charge in [0.05, 0.1) is 0 Å². The van der Waals surface area contributed by atoms with Crippen molar-refractivity contribution in [2.24, 2.45) is 0 Å². The summed E-state index contributed by atoms with van der Waals surface area (Å²) in [6, 6.07) is 0. The van der Waals surface area contributed by atoms with Crippen molar-refractivity contribution in [2.45, 2.75) is 96.8 Å². The Kier molecular flexibility index (Phi) is 13.8. The van der Waals surface area contributed by atoms with Crippen molar-refractivity contribution in [1.29, 1.82) is 0 Å². The second kappa shape index (κ2) is 13.9. The molecule has 0 aromatic heterocycles. The van der Waals surface area contributed by atoms with Crippen LogP contribution in [0.15, 0.2) is 0 Å². The molecule has 0 fully saturated rings. The van der Waals surface area contributed by atoms with Crippen LogP contribution in [0.1, 0.15) is 90.4 Å². The zero-order valence-corrected chi connectivity index (χ0v) is 11.5. The largest absolute Gasteiger partial charge is 0.238 e. The highest BCUT2D eigenvalue weighted by atomic mass is 19.3. The first-order valence-corrected chi connectivity index (χ1v) is 7.55. The third kappa shape index (κ3) is 15.9. The topological polar surface area (TPSA) is 0 Å². The number of alkyl halides is 2. The maximum Gasteiger partial charge on any atom is 0.238 e. The standard InChI is InChI=1S/C15H30F2/c1-2-3-4-5-6-7-8-9-10-11-12-13-14-15(16)17/h15H,2-14H2,1H3. The van der Waals surface area contributed by atoms with E-state index in [9.17, 15) is 8.78 Å². The molecule has 0 saturated heterocycles. The van der Waals surface area contributed by atoms with Crippen molar-refractivity contribution >= 4 is 0 Å². The van der Waals surface area contributed by atoms with Crippen LogP contribution in [-0.4, -0.2) is 6.43 Å². The first kappa shape index (κ1) is 16.9. The lowest BCUT2D eigenvalue weighted by Gasteiger charge is -2.02. The van der Waals surface area contributed by atoms with Crippen LogP contribution in [-0.2, 0) is 0 Å². The van der Waals surface area contributed by atoms with Gasteiger partial charge < -0.3 is 0 Å². The number of halogens is 2. The van der Waals surface area contributed by atoms with Gasteiger partial charge in [-0.25, -0.2) is 8.78 Å². The van der Waals surface area contributed by atoms with Crippen molar-refractivity contribution in [3.8, 4) is 0 Å². The van der Waals surface area contributed by atoms with E-state index < -0.39 is 6.43 Å². The van der Waals surface area contributed by atoms with E-state index in [0.717, 1.165) is 12.8 Å². The van der Waals surface area contributed by atoms with Crippen LogP contribution in [0.5, 0.6) is 0 Å². The van der Waals surface area contributed by atoms with E-state index in [4.69, 9.17) is 0 Å². The molecule has 0 heterocycles. The Morgan fingerprint density at radius 1 is 0.588 bits per heavy atom. The van der Waals surface area contributed by atoms with Crippen molar-refractivity contribution in [1.82, 2.24) is 0 Å². The monoisotopic (exact) mass is 248 g/mol. The second-order valence-electron chi connectivity index (χ2n) is 5.07. The van der Waals surface area contributed by atoms with Gasteiger partial charge in [-0.1, -0.05) is 77.6 Å². The van der Waals surface area contributed by atoms with Crippen LogP contribution >= 0.6 is 0 Å². The summed E-state index contributed by atoms with van der Waals surface area (Å²) in [5, 5.41) is 0. The van der Waals surface area contributed by atoms with E-state index in [1.165, 1.54) is 57.8 Å². The molecular weight excluding hydrogens is 218 g/mol. The van der Waals surface area contributed by atoms with Crippen LogP contribution in [0, 0.1) is 0 Å². The highest BCUT2D eigenvalue weighted by molar-refractivity contribution is 4.49. The molecule has 0 atom stereocenters. The predicted octanol–water partition coefficient (Wildman–Crippen LogP) is 6.34. The zero-order chi connectivity index (χ0) is 12.8. The zero-order valence-electron chi connectivity index (χ0n) is 11.5. The van der Waals surface area contributed by atoms with Crippen LogP contribution in [0.3, 0.4) is 0 Å². The van der Waals surface area contributed by atoms with Gasteiger partial charge in [0.15, 0.2) is 0 Å². The molecule has 104 valence electrons. The van der Waals surface area contributed by atoms with Gasteiger partial charge in [0.2, 0.25) is 6.43 Å². The summed E-state index contributed by atoms with van der Waals surface area (Å²) in [6.07, 6.45) is 12.9. The summed E-state index contributed by atoms with van der Waals surface area (Å²) in [5.41, 5.74) is 0. The Morgan fingerprint density at radius 2 is 0.941 bits per heavy atom. The molecule has 0 unspecified atom stereocenters.